The van der Waals surface area contributed by atoms with Gasteiger partial charge >= 0.3 is 0 Å². The van der Waals surface area contributed by atoms with E-state index in [4.69, 9.17) is 9.72 Å². The van der Waals surface area contributed by atoms with Crippen molar-refractivity contribution in [1.29, 1.82) is 0 Å². The van der Waals surface area contributed by atoms with Gasteiger partial charge in [-0.2, -0.15) is 15.2 Å². The van der Waals surface area contributed by atoms with E-state index in [1.165, 1.54) is 11.3 Å². The first-order chi connectivity index (χ1) is 15.6. The Morgan fingerprint density at radius 3 is 2.75 bits per heavy atom. The molecule has 32 heavy (non-hydrogen) atoms. The molecule has 1 atom stereocenters. The fourth-order valence-electron chi connectivity index (χ4n) is 4.59. The largest absolute Gasteiger partial charge is 0.381 e. The van der Waals surface area contributed by atoms with E-state index in [-0.39, 0.29) is 0 Å². The molecule has 9 heteroatoms. The molecule has 0 bridgehead atoms. The number of hydrogen-bond donors (Lipinski definition) is 1. The number of fused-ring (bicyclic) bond motifs is 1. The van der Waals surface area contributed by atoms with E-state index < -0.39 is 0 Å². The summed E-state index contributed by atoms with van der Waals surface area (Å²) in [6.07, 6.45) is 15.6. The lowest BCUT2D eigenvalue weighted by molar-refractivity contribution is 0.0509. The van der Waals surface area contributed by atoms with E-state index in [2.05, 4.69) is 44.5 Å². The highest BCUT2D eigenvalue weighted by Crippen LogP contribution is 2.28. The summed E-state index contributed by atoms with van der Waals surface area (Å²) in [7, 11) is 3.70. The van der Waals surface area contributed by atoms with E-state index in [1.807, 2.05) is 37.4 Å². The number of ether oxygens (including phenoxy) is 1. The summed E-state index contributed by atoms with van der Waals surface area (Å²) in [6, 6.07) is 0. The number of methoxy groups -OCH3 is 1. The average molecular weight is 435 g/mol. The Hall–Kier alpha value is -3.20. The molecule has 0 aromatic carbocycles. The summed E-state index contributed by atoms with van der Waals surface area (Å²) in [5.74, 6) is 1.05. The molecule has 1 aliphatic heterocycles. The first kappa shape index (κ1) is 20.7. The van der Waals surface area contributed by atoms with Crippen molar-refractivity contribution in [3.8, 4) is 0 Å². The lowest BCUT2D eigenvalue weighted by Crippen LogP contribution is -2.36. The maximum Gasteiger partial charge on any atom is 0.229 e. The number of aryl methyl sites for hydroxylation is 1. The summed E-state index contributed by atoms with van der Waals surface area (Å²) in [5, 5.41) is 12.9. The molecular weight excluding hydrogens is 404 g/mol. The van der Waals surface area contributed by atoms with Crippen LogP contribution >= 0.6 is 0 Å². The van der Waals surface area contributed by atoms with Crippen LogP contribution in [0.3, 0.4) is 0 Å². The summed E-state index contributed by atoms with van der Waals surface area (Å²) >= 11 is 0. The van der Waals surface area contributed by atoms with Crippen LogP contribution in [0.15, 0.2) is 48.2 Å². The molecule has 1 fully saturated rings. The molecule has 0 amide bonds. The molecule has 1 unspecified atom stereocenters. The zero-order valence-corrected chi connectivity index (χ0v) is 18.9. The number of likely N-dealkylation sites (tertiary alicyclic amines) is 1. The Balaban J connectivity index is 1.34. The third-order valence-corrected chi connectivity index (χ3v) is 6.22. The molecule has 9 nitrogen and oxygen atoms in total. The summed E-state index contributed by atoms with van der Waals surface area (Å²) < 4.78 is 9.25. The zero-order chi connectivity index (χ0) is 22.1. The average Bonchev–Trinajstić information content (AvgIpc) is 3.39. The van der Waals surface area contributed by atoms with E-state index >= 15 is 0 Å². The van der Waals surface area contributed by atoms with Gasteiger partial charge in [-0.3, -0.25) is 4.68 Å². The molecule has 0 spiro atoms. The normalized spacial score (nSPS) is 19.8. The maximum absolute atomic E-state index is 5.53. The molecule has 2 aliphatic rings. The fraction of sp³-hybridized carbons (Fsp3) is 0.478. The van der Waals surface area contributed by atoms with Gasteiger partial charge in [0, 0.05) is 45.3 Å². The van der Waals surface area contributed by atoms with Crippen molar-refractivity contribution in [1.82, 2.24) is 34.4 Å². The zero-order valence-electron chi connectivity index (χ0n) is 18.9. The number of nitrogens with zero attached hydrogens (tertiary/aromatic N) is 7. The minimum atomic E-state index is 0.390. The fourth-order valence-corrected chi connectivity index (χ4v) is 4.59. The first-order valence-corrected chi connectivity index (χ1v) is 11.2. The first-order valence-electron chi connectivity index (χ1n) is 11.2. The van der Waals surface area contributed by atoms with Gasteiger partial charge < -0.3 is 15.0 Å². The lowest BCUT2D eigenvalue weighted by Gasteiger charge is -2.35. The molecule has 168 valence electrons. The molecule has 0 radical (unpaired) electrons. The van der Waals surface area contributed by atoms with Gasteiger partial charge in [0.2, 0.25) is 5.95 Å². The molecule has 1 aliphatic carbocycles. The third-order valence-electron chi connectivity index (χ3n) is 6.22. The van der Waals surface area contributed by atoms with Gasteiger partial charge in [0.15, 0.2) is 5.65 Å². The summed E-state index contributed by atoms with van der Waals surface area (Å²) in [4.78, 5) is 11.6. The quantitative estimate of drug-likeness (QED) is 0.637. The molecule has 5 rings (SSSR count). The third kappa shape index (κ3) is 4.38. The van der Waals surface area contributed by atoms with Crippen LogP contribution in [0.4, 0.5) is 11.6 Å². The molecule has 0 saturated carbocycles. The van der Waals surface area contributed by atoms with Crippen molar-refractivity contribution in [2.24, 2.45) is 13.0 Å². The number of aromatic nitrogens is 6. The smallest absolute Gasteiger partial charge is 0.229 e. The number of rotatable bonds is 6. The van der Waals surface area contributed by atoms with Crippen molar-refractivity contribution in [3.63, 3.8) is 0 Å². The van der Waals surface area contributed by atoms with Gasteiger partial charge in [0.25, 0.3) is 0 Å². The number of anilines is 2. The van der Waals surface area contributed by atoms with Crippen molar-refractivity contribution < 1.29 is 4.74 Å². The van der Waals surface area contributed by atoms with Gasteiger partial charge in [-0.15, -0.1) is 0 Å². The molecule has 1 N–H and O–H groups in total. The number of allylic oxidation sites excluding steroid dienone is 3. The Morgan fingerprint density at radius 2 is 2.00 bits per heavy atom. The predicted molar refractivity (Wildman–Crippen MR) is 123 cm³/mol. The second kappa shape index (κ2) is 8.74. The van der Waals surface area contributed by atoms with Crippen LogP contribution in [0.2, 0.25) is 0 Å². The van der Waals surface area contributed by atoms with Crippen molar-refractivity contribution >= 4 is 22.7 Å². The van der Waals surface area contributed by atoms with E-state index in [0.717, 1.165) is 55.6 Å². The van der Waals surface area contributed by atoms with Crippen LogP contribution < -0.4 is 5.32 Å². The van der Waals surface area contributed by atoms with Gasteiger partial charge in [-0.05, 0) is 36.8 Å². The Morgan fingerprint density at radius 1 is 1.16 bits per heavy atom. The lowest BCUT2D eigenvalue weighted by atomic mass is 9.93. The van der Waals surface area contributed by atoms with Gasteiger partial charge in [-0.1, -0.05) is 13.0 Å². The Kier molecular flexibility index (Phi) is 5.65. The van der Waals surface area contributed by atoms with Crippen LogP contribution in [0.25, 0.3) is 11.0 Å². The van der Waals surface area contributed by atoms with Crippen LogP contribution in [0, 0.1) is 5.92 Å². The van der Waals surface area contributed by atoms with Crippen molar-refractivity contribution in [2.75, 3.05) is 25.5 Å². The SMILES string of the molecule is COC1CCN(C2=CC(C)CC(Cn3ncc4cnc(Nc5cnn(C)c5)nc43)=C2)CC1. The standard InChI is InChI=1S/C23H30N8O/c1-16-8-17(10-20(9-16)30-6-4-21(32-3)5-7-30)14-31-22-18(12-26-31)11-24-23(28-22)27-19-13-25-29(2)15-19/h9-13,15-16,21H,4-8,14H2,1-3H3,(H,24,27,28). The minimum absolute atomic E-state index is 0.390. The van der Waals surface area contributed by atoms with Crippen LogP contribution in [0.5, 0.6) is 0 Å². The van der Waals surface area contributed by atoms with Crippen molar-refractivity contribution in [3.05, 3.63) is 48.2 Å². The van der Waals surface area contributed by atoms with Crippen LogP contribution in [-0.2, 0) is 18.3 Å². The van der Waals surface area contributed by atoms with Crippen LogP contribution in [-0.4, -0.2) is 60.7 Å². The monoisotopic (exact) mass is 434 g/mol. The second-order valence-corrected chi connectivity index (χ2v) is 8.80. The molecular formula is C23H30N8O. The minimum Gasteiger partial charge on any atom is -0.381 e. The Bertz CT molecular complexity index is 1150. The van der Waals surface area contributed by atoms with Gasteiger partial charge in [0.05, 0.1) is 36.1 Å². The number of nitrogens with one attached hydrogen (secondary N) is 1. The van der Waals surface area contributed by atoms with E-state index in [1.54, 1.807) is 10.9 Å². The van der Waals surface area contributed by atoms with Gasteiger partial charge in [-0.25, -0.2) is 9.67 Å². The van der Waals surface area contributed by atoms with Gasteiger partial charge in [0.1, 0.15) is 0 Å². The van der Waals surface area contributed by atoms with Crippen LogP contribution in [0.1, 0.15) is 26.2 Å². The molecule has 3 aromatic rings. The van der Waals surface area contributed by atoms with E-state index in [9.17, 15) is 0 Å². The summed E-state index contributed by atoms with van der Waals surface area (Å²) in [5.41, 5.74) is 4.39. The highest BCUT2D eigenvalue weighted by atomic mass is 16.5. The molecule has 3 aromatic heterocycles. The number of hydrogen-bond acceptors (Lipinski definition) is 7. The molecule has 1 saturated heterocycles. The topological polar surface area (TPSA) is 85.9 Å². The Labute approximate surface area is 187 Å². The molecule has 4 heterocycles. The predicted octanol–water partition coefficient (Wildman–Crippen LogP) is 3.26. The number of piperidine rings is 1. The highest BCUT2D eigenvalue weighted by Gasteiger charge is 2.22. The second-order valence-electron chi connectivity index (χ2n) is 8.80. The highest BCUT2D eigenvalue weighted by molar-refractivity contribution is 5.75. The van der Waals surface area contributed by atoms with E-state index in [0.29, 0.717) is 18.0 Å². The maximum atomic E-state index is 5.53. The summed E-state index contributed by atoms with van der Waals surface area (Å²) in [6.45, 7) is 5.10. The van der Waals surface area contributed by atoms with Crippen molar-refractivity contribution in [2.45, 2.75) is 38.8 Å².